The van der Waals surface area contributed by atoms with Gasteiger partial charge in [-0.15, -0.1) is 0 Å². The summed E-state index contributed by atoms with van der Waals surface area (Å²) in [7, 11) is 0. The first-order chi connectivity index (χ1) is 10.2. The van der Waals surface area contributed by atoms with Crippen molar-refractivity contribution < 1.29 is 5.11 Å². The average Bonchev–Trinajstić information content (AvgIpc) is 2.53. The standard InChI is InChI=1S/C19H25NO/c1-3-4-6-17(13-16-10-8-15(2)9-11-16)19(21)18-7-5-12-20-14-18/h5,7-12,14,17,19,21H,3-4,6,13H2,1-2H3. The van der Waals surface area contributed by atoms with Gasteiger partial charge < -0.3 is 5.11 Å². The summed E-state index contributed by atoms with van der Waals surface area (Å²) in [5.74, 6) is 0.247. The smallest absolute Gasteiger partial charge is 0.0836 e. The van der Waals surface area contributed by atoms with Crippen molar-refractivity contribution in [1.29, 1.82) is 0 Å². The lowest BCUT2D eigenvalue weighted by atomic mass is 9.86. The molecule has 2 aromatic rings. The van der Waals surface area contributed by atoms with Crippen molar-refractivity contribution in [2.24, 2.45) is 5.92 Å². The van der Waals surface area contributed by atoms with Gasteiger partial charge in [-0.25, -0.2) is 0 Å². The molecular formula is C19H25NO. The van der Waals surface area contributed by atoms with E-state index in [0.717, 1.165) is 31.2 Å². The molecule has 1 heterocycles. The van der Waals surface area contributed by atoms with Crippen LogP contribution < -0.4 is 0 Å². The van der Waals surface area contributed by atoms with Crippen LogP contribution >= 0.6 is 0 Å². The van der Waals surface area contributed by atoms with Crippen LogP contribution in [0, 0.1) is 12.8 Å². The number of rotatable bonds is 7. The molecular weight excluding hydrogens is 258 g/mol. The number of pyridine rings is 1. The third-order valence-corrected chi connectivity index (χ3v) is 4.02. The maximum absolute atomic E-state index is 10.7. The largest absolute Gasteiger partial charge is 0.388 e. The number of hydrogen-bond donors (Lipinski definition) is 1. The maximum atomic E-state index is 10.7. The monoisotopic (exact) mass is 283 g/mol. The molecule has 2 unspecified atom stereocenters. The van der Waals surface area contributed by atoms with Crippen LogP contribution in [-0.4, -0.2) is 10.1 Å². The van der Waals surface area contributed by atoms with Gasteiger partial charge in [-0.1, -0.05) is 55.7 Å². The highest BCUT2D eigenvalue weighted by Gasteiger charge is 2.21. The minimum atomic E-state index is -0.438. The molecule has 0 spiro atoms. The molecule has 112 valence electrons. The maximum Gasteiger partial charge on any atom is 0.0836 e. The predicted molar refractivity (Wildman–Crippen MR) is 87.1 cm³/mol. The Bertz CT molecular complexity index is 521. The lowest BCUT2D eigenvalue weighted by Crippen LogP contribution is -2.16. The molecule has 0 saturated heterocycles. The fraction of sp³-hybridized carbons (Fsp3) is 0.421. The zero-order valence-corrected chi connectivity index (χ0v) is 13.0. The van der Waals surface area contributed by atoms with Crippen LogP contribution in [0.25, 0.3) is 0 Å². The SMILES string of the molecule is CCCCC(Cc1ccc(C)cc1)C(O)c1cccnc1. The molecule has 1 aromatic heterocycles. The van der Waals surface area contributed by atoms with Crippen molar-refractivity contribution in [2.75, 3.05) is 0 Å². The first-order valence-electron chi connectivity index (χ1n) is 7.84. The summed E-state index contributed by atoms with van der Waals surface area (Å²) in [5, 5.41) is 10.7. The lowest BCUT2D eigenvalue weighted by molar-refractivity contribution is 0.101. The van der Waals surface area contributed by atoms with Crippen molar-refractivity contribution in [3.63, 3.8) is 0 Å². The summed E-state index contributed by atoms with van der Waals surface area (Å²) >= 11 is 0. The van der Waals surface area contributed by atoms with Gasteiger partial charge in [-0.3, -0.25) is 4.98 Å². The quantitative estimate of drug-likeness (QED) is 0.813. The van der Waals surface area contributed by atoms with Crippen molar-refractivity contribution >= 4 is 0 Å². The van der Waals surface area contributed by atoms with Gasteiger partial charge in [0, 0.05) is 12.4 Å². The minimum absolute atomic E-state index is 0.247. The molecule has 0 fully saturated rings. The second-order valence-corrected chi connectivity index (χ2v) is 5.82. The Morgan fingerprint density at radius 3 is 2.52 bits per heavy atom. The third kappa shape index (κ3) is 4.68. The summed E-state index contributed by atoms with van der Waals surface area (Å²) in [4.78, 5) is 4.13. The number of unbranched alkanes of at least 4 members (excludes halogenated alkanes) is 1. The van der Waals surface area contributed by atoms with Gasteiger partial charge >= 0.3 is 0 Å². The molecule has 0 aliphatic carbocycles. The first-order valence-corrected chi connectivity index (χ1v) is 7.84. The Balaban J connectivity index is 2.11. The number of hydrogen-bond acceptors (Lipinski definition) is 2. The van der Waals surface area contributed by atoms with E-state index in [9.17, 15) is 5.11 Å². The van der Waals surface area contributed by atoms with Gasteiger partial charge in [0.05, 0.1) is 6.10 Å². The topological polar surface area (TPSA) is 33.1 Å². The molecule has 2 atom stereocenters. The number of benzene rings is 1. The molecule has 2 nitrogen and oxygen atoms in total. The molecule has 0 amide bonds. The van der Waals surface area contributed by atoms with E-state index in [2.05, 4.69) is 43.1 Å². The van der Waals surface area contributed by atoms with E-state index in [1.54, 1.807) is 12.4 Å². The van der Waals surface area contributed by atoms with Crippen LogP contribution in [0.3, 0.4) is 0 Å². The fourth-order valence-electron chi connectivity index (χ4n) is 2.69. The molecule has 2 heteroatoms. The zero-order valence-electron chi connectivity index (χ0n) is 13.0. The van der Waals surface area contributed by atoms with Crippen LogP contribution in [0.5, 0.6) is 0 Å². The molecule has 0 aliphatic heterocycles. The Morgan fingerprint density at radius 1 is 1.14 bits per heavy atom. The van der Waals surface area contributed by atoms with Crippen LogP contribution in [0.1, 0.15) is 49.0 Å². The van der Waals surface area contributed by atoms with Crippen LogP contribution in [0.15, 0.2) is 48.8 Å². The van der Waals surface area contributed by atoms with E-state index in [0.29, 0.717) is 0 Å². The van der Waals surface area contributed by atoms with Gasteiger partial charge in [0.2, 0.25) is 0 Å². The van der Waals surface area contributed by atoms with E-state index in [-0.39, 0.29) is 5.92 Å². The van der Waals surface area contributed by atoms with Crippen molar-refractivity contribution in [2.45, 2.75) is 45.6 Å². The Morgan fingerprint density at radius 2 is 1.90 bits per heavy atom. The molecule has 1 aromatic carbocycles. The molecule has 0 radical (unpaired) electrons. The van der Waals surface area contributed by atoms with Gasteiger partial charge in [-0.05, 0) is 42.9 Å². The van der Waals surface area contributed by atoms with E-state index >= 15 is 0 Å². The molecule has 0 saturated carbocycles. The van der Waals surface area contributed by atoms with Crippen LogP contribution in [0.4, 0.5) is 0 Å². The van der Waals surface area contributed by atoms with Crippen LogP contribution in [-0.2, 0) is 6.42 Å². The summed E-state index contributed by atoms with van der Waals surface area (Å²) in [6.45, 7) is 4.29. The summed E-state index contributed by atoms with van der Waals surface area (Å²) < 4.78 is 0. The Kier molecular flexibility index (Phi) is 5.94. The third-order valence-electron chi connectivity index (χ3n) is 4.02. The predicted octanol–water partition coefficient (Wildman–Crippen LogP) is 4.47. The average molecular weight is 283 g/mol. The molecule has 0 aliphatic rings. The Labute approximate surface area is 127 Å². The Hall–Kier alpha value is -1.67. The number of aliphatic hydroxyl groups excluding tert-OH is 1. The van der Waals surface area contributed by atoms with Gasteiger partial charge in [0.25, 0.3) is 0 Å². The van der Waals surface area contributed by atoms with E-state index < -0.39 is 6.10 Å². The van der Waals surface area contributed by atoms with Gasteiger partial charge in [0.15, 0.2) is 0 Å². The summed E-state index contributed by atoms with van der Waals surface area (Å²) in [5.41, 5.74) is 3.49. The fourth-order valence-corrected chi connectivity index (χ4v) is 2.69. The summed E-state index contributed by atoms with van der Waals surface area (Å²) in [6.07, 6.45) is 7.34. The molecule has 21 heavy (non-hydrogen) atoms. The van der Waals surface area contributed by atoms with Crippen molar-refractivity contribution in [3.05, 3.63) is 65.5 Å². The highest BCUT2D eigenvalue weighted by molar-refractivity contribution is 5.22. The molecule has 0 bridgehead atoms. The lowest BCUT2D eigenvalue weighted by Gasteiger charge is -2.23. The number of aliphatic hydroxyl groups is 1. The highest BCUT2D eigenvalue weighted by Crippen LogP contribution is 2.29. The van der Waals surface area contributed by atoms with Crippen LogP contribution in [0.2, 0.25) is 0 Å². The van der Waals surface area contributed by atoms with Crippen molar-refractivity contribution in [1.82, 2.24) is 4.98 Å². The number of nitrogens with zero attached hydrogens (tertiary/aromatic N) is 1. The summed E-state index contributed by atoms with van der Waals surface area (Å²) in [6, 6.07) is 12.5. The van der Waals surface area contributed by atoms with E-state index in [1.807, 2.05) is 12.1 Å². The first kappa shape index (κ1) is 15.7. The second-order valence-electron chi connectivity index (χ2n) is 5.82. The molecule has 1 N–H and O–H groups in total. The van der Waals surface area contributed by atoms with Crippen molar-refractivity contribution in [3.8, 4) is 0 Å². The number of aryl methyl sites for hydroxylation is 1. The number of aromatic nitrogens is 1. The minimum Gasteiger partial charge on any atom is -0.388 e. The van der Waals surface area contributed by atoms with E-state index in [4.69, 9.17) is 0 Å². The normalized spacial score (nSPS) is 13.9. The van der Waals surface area contributed by atoms with Gasteiger partial charge in [0.1, 0.15) is 0 Å². The zero-order chi connectivity index (χ0) is 15.1. The molecule has 2 rings (SSSR count). The highest BCUT2D eigenvalue weighted by atomic mass is 16.3. The second kappa shape index (κ2) is 7.94. The van der Waals surface area contributed by atoms with E-state index in [1.165, 1.54) is 11.1 Å². The van der Waals surface area contributed by atoms with Gasteiger partial charge in [-0.2, -0.15) is 0 Å².